The summed E-state index contributed by atoms with van der Waals surface area (Å²) in [5, 5.41) is 0. The van der Waals surface area contributed by atoms with E-state index < -0.39 is 23.6 Å². The van der Waals surface area contributed by atoms with Crippen molar-refractivity contribution in [1.29, 1.82) is 0 Å². The lowest BCUT2D eigenvalue weighted by Gasteiger charge is -2.37. The van der Waals surface area contributed by atoms with Gasteiger partial charge in [0.15, 0.2) is 23.7 Å². The fraction of sp³-hybridized carbons (Fsp3) is 0.667. The van der Waals surface area contributed by atoms with E-state index in [1.54, 1.807) is 0 Å². The lowest BCUT2D eigenvalue weighted by Crippen LogP contribution is -2.40. The molecule has 2 unspecified atom stereocenters. The predicted octanol–water partition coefficient (Wildman–Crippen LogP) is 4.36. The third-order valence-electron chi connectivity index (χ3n) is 4.76. The number of halogens is 3. The van der Waals surface area contributed by atoms with Crippen molar-refractivity contribution < 1.29 is 27.4 Å². The smallest absolute Gasteiger partial charge is 0.194 e. The summed E-state index contributed by atoms with van der Waals surface area (Å²) in [7, 11) is 0. The summed E-state index contributed by atoms with van der Waals surface area (Å²) < 4.78 is 57.1. The van der Waals surface area contributed by atoms with Gasteiger partial charge in [-0.05, 0) is 37.0 Å². The molecular weight excluding hydrogens is 321 g/mol. The van der Waals surface area contributed by atoms with Gasteiger partial charge in [-0.1, -0.05) is 13.3 Å². The second-order valence-electron chi connectivity index (χ2n) is 6.65. The quantitative estimate of drug-likeness (QED) is 0.760. The summed E-state index contributed by atoms with van der Waals surface area (Å²) in [6.07, 6.45) is 2.87. The molecule has 0 aromatic heterocycles. The summed E-state index contributed by atoms with van der Waals surface area (Å²) in [4.78, 5) is 0. The predicted molar refractivity (Wildman–Crippen MR) is 81.8 cm³/mol. The average molecular weight is 344 g/mol. The van der Waals surface area contributed by atoms with E-state index in [1.165, 1.54) is 0 Å². The van der Waals surface area contributed by atoms with Crippen LogP contribution in [0.1, 0.15) is 44.3 Å². The molecule has 2 aliphatic heterocycles. The van der Waals surface area contributed by atoms with Gasteiger partial charge in [-0.15, -0.1) is 0 Å². The van der Waals surface area contributed by atoms with E-state index in [0.717, 1.165) is 31.4 Å². The molecule has 0 radical (unpaired) electrons. The molecule has 3 nitrogen and oxygen atoms in total. The highest BCUT2D eigenvalue weighted by molar-refractivity contribution is 5.22. The summed E-state index contributed by atoms with van der Waals surface area (Å²) in [5.74, 6) is -3.25. The monoisotopic (exact) mass is 344 g/mol. The molecule has 2 fully saturated rings. The van der Waals surface area contributed by atoms with Crippen molar-refractivity contribution in [3.05, 3.63) is 35.1 Å². The molecule has 3 rings (SSSR count). The Morgan fingerprint density at radius 2 is 1.62 bits per heavy atom. The highest BCUT2D eigenvalue weighted by Gasteiger charge is 2.33. The van der Waals surface area contributed by atoms with E-state index in [1.807, 2.05) is 0 Å². The van der Waals surface area contributed by atoms with Crippen molar-refractivity contribution in [2.75, 3.05) is 19.8 Å². The summed E-state index contributed by atoms with van der Waals surface area (Å²) in [6.45, 7) is 3.94. The largest absolute Gasteiger partial charge is 0.373 e. The molecule has 0 amide bonds. The fourth-order valence-electron chi connectivity index (χ4n) is 3.42. The third-order valence-corrected chi connectivity index (χ3v) is 4.76. The van der Waals surface area contributed by atoms with Crippen molar-refractivity contribution in [1.82, 2.24) is 0 Å². The molecule has 6 heteroatoms. The summed E-state index contributed by atoms with van der Waals surface area (Å²) in [5.41, 5.74) is 0.332. The van der Waals surface area contributed by atoms with E-state index in [4.69, 9.17) is 14.2 Å². The van der Waals surface area contributed by atoms with Crippen LogP contribution < -0.4 is 0 Å². The standard InChI is InChI=1S/C18H23F3O3/c1-2-3-11-8-23-18(24-9-11)12-4-5-16(22-10-12)13-6-14(19)17(21)15(20)7-13/h6-7,11-12,16,18H,2-5,8-10H2,1H3. The molecule has 0 bridgehead atoms. The van der Waals surface area contributed by atoms with Gasteiger partial charge in [-0.2, -0.15) is 0 Å². The molecule has 2 aliphatic rings. The van der Waals surface area contributed by atoms with Gasteiger partial charge in [0.05, 0.1) is 25.9 Å². The van der Waals surface area contributed by atoms with Crippen LogP contribution in [0.15, 0.2) is 12.1 Å². The first-order valence-electron chi connectivity index (χ1n) is 8.57. The Morgan fingerprint density at radius 1 is 0.958 bits per heavy atom. The van der Waals surface area contributed by atoms with Crippen LogP contribution in [-0.2, 0) is 14.2 Å². The Labute approximate surface area is 140 Å². The molecular formula is C18H23F3O3. The maximum absolute atomic E-state index is 13.4. The summed E-state index contributed by atoms with van der Waals surface area (Å²) in [6, 6.07) is 2.01. The van der Waals surface area contributed by atoms with Gasteiger partial charge >= 0.3 is 0 Å². The van der Waals surface area contributed by atoms with Crippen LogP contribution >= 0.6 is 0 Å². The van der Waals surface area contributed by atoms with Gasteiger partial charge in [0.2, 0.25) is 0 Å². The van der Waals surface area contributed by atoms with Gasteiger partial charge in [0, 0.05) is 11.8 Å². The zero-order valence-corrected chi connectivity index (χ0v) is 13.8. The maximum Gasteiger partial charge on any atom is 0.194 e. The van der Waals surface area contributed by atoms with Crippen LogP contribution in [0.5, 0.6) is 0 Å². The van der Waals surface area contributed by atoms with Crippen molar-refractivity contribution >= 4 is 0 Å². The number of rotatable bonds is 4. The molecule has 2 saturated heterocycles. The molecule has 0 spiro atoms. The van der Waals surface area contributed by atoms with Crippen LogP contribution in [0.2, 0.25) is 0 Å². The lowest BCUT2D eigenvalue weighted by molar-refractivity contribution is -0.241. The molecule has 2 heterocycles. The Balaban J connectivity index is 1.53. The van der Waals surface area contributed by atoms with E-state index in [0.29, 0.717) is 37.7 Å². The fourth-order valence-corrected chi connectivity index (χ4v) is 3.42. The third kappa shape index (κ3) is 3.92. The van der Waals surface area contributed by atoms with Gasteiger partial charge in [-0.3, -0.25) is 0 Å². The van der Waals surface area contributed by atoms with Gasteiger partial charge < -0.3 is 14.2 Å². The van der Waals surface area contributed by atoms with E-state index >= 15 is 0 Å². The molecule has 0 aliphatic carbocycles. The van der Waals surface area contributed by atoms with Crippen molar-refractivity contribution in [3.8, 4) is 0 Å². The molecule has 134 valence electrons. The van der Waals surface area contributed by atoms with Crippen molar-refractivity contribution in [2.24, 2.45) is 11.8 Å². The Morgan fingerprint density at radius 3 is 2.17 bits per heavy atom. The topological polar surface area (TPSA) is 27.7 Å². The molecule has 0 saturated carbocycles. The number of ether oxygens (including phenoxy) is 3. The first-order chi connectivity index (χ1) is 11.6. The lowest BCUT2D eigenvalue weighted by atomic mass is 9.93. The van der Waals surface area contributed by atoms with Gasteiger partial charge in [0.25, 0.3) is 0 Å². The second-order valence-corrected chi connectivity index (χ2v) is 6.65. The number of hydrogen-bond acceptors (Lipinski definition) is 3. The molecule has 0 N–H and O–H groups in total. The van der Waals surface area contributed by atoms with Crippen LogP contribution in [0, 0.1) is 29.3 Å². The van der Waals surface area contributed by atoms with Crippen LogP contribution in [0.3, 0.4) is 0 Å². The maximum atomic E-state index is 13.4. The van der Waals surface area contributed by atoms with Crippen molar-refractivity contribution in [2.45, 2.75) is 45.0 Å². The average Bonchev–Trinajstić information content (AvgIpc) is 2.60. The summed E-state index contributed by atoms with van der Waals surface area (Å²) >= 11 is 0. The highest BCUT2D eigenvalue weighted by Crippen LogP contribution is 2.35. The normalized spacial score (nSPS) is 31.2. The van der Waals surface area contributed by atoms with Gasteiger partial charge in [-0.25, -0.2) is 13.2 Å². The minimum atomic E-state index is -1.45. The van der Waals surface area contributed by atoms with Crippen LogP contribution in [-0.4, -0.2) is 26.1 Å². The molecule has 1 aromatic rings. The number of benzene rings is 1. The zero-order valence-electron chi connectivity index (χ0n) is 13.8. The van der Waals surface area contributed by atoms with E-state index in [-0.39, 0.29) is 12.2 Å². The van der Waals surface area contributed by atoms with Crippen molar-refractivity contribution in [3.63, 3.8) is 0 Å². The van der Waals surface area contributed by atoms with Gasteiger partial charge in [0.1, 0.15) is 0 Å². The number of hydrogen-bond donors (Lipinski definition) is 0. The SMILES string of the molecule is CCCC1COC(C2CCC(c3cc(F)c(F)c(F)c3)OC2)OC1. The van der Waals surface area contributed by atoms with E-state index in [2.05, 4.69) is 6.92 Å². The molecule has 1 aromatic carbocycles. The Bertz CT molecular complexity index is 527. The zero-order chi connectivity index (χ0) is 17.1. The Kier molecular flexibility index (Phi) is 5.79. The Hall–Kier alpha value is -1.11. The van der Waals surface area contributed by atoms with E-state index in [9.17, 15) is 13.2 Å². The first kappa shape index (κ1) is 17.7. The highest BCUT2D eigenvalue weighted by atomic mass is 19.2. The minimum absolute atomic E-state index is 0.110. The van der Waals surface area contributed by atoms with Crippen LogP contribution in [0.25, 0.3) is 0 Å². The molecule has 2 atom stereocenters. The minimum Gasteiger partial charge on any atom is -0.373 e. The van der Waals surface area contributed by atoms with Crippen LogP contribution in [0.4, 0.5) is 13.2 Å². The first-order valence-corrected chi connectivity index (χ1v) is 8.57. The molecule has 24 heavy (non-hydrogen) atoms. The second kappa shape index (κ2) is 7.85.